The summed E-state index contributed by atoms with van der Waals surface area (Å²) in [5, 5.41) is 6.31. The van der Waals surface area contributed by atoms with Gasteiger partial charge in [0.15, 0.2) is 0 Å². The number of anilines is 1. The van der Waals surface area contributed by atoms with Crippen LogP contribution in [0.4, 0.5) is 19.0 Å². The second-order valence-corrected chi connectivity index (χ2v) is 4.14. The molecule has 0 spiro atoms. The van der Waals surface area contributed by atoms with Crippen molar-refractivity contribution >= 4 is 5.82 Å². The largest absolute Gasteiger partial charge is 0.408 e. The molecule has 0 fully saturated rings. The summed E-state index contributed by atoms with van der Waals surface area (Å²) < 4.78 is 40.4. The lowest BCUT2D eigenvalue weighted by molar-refractivity contribution is -0.142. The second-order valence-electron chi connectivity index (χ2n) is 4.14. The number of pyridine rings is 1. The van der Waals surface area contributed by atoms with Gasteiger partial charge in [0.25, 0.3) is 0 Å². The van der Waals surface area contributed by atoms with Gasteiger partial charge < -0.3 is 5.32 Å². The lowest BCUT2D eigenvalue weighted by atomic mass is 10.1. The molecule has 2 rings (SSSR count). The number of alkyl halides is 3. The molecule has 0 aliphatic carbocycles. The van der Waals surface area contributed by atoms with Crippen molar-refractivity contribution in [3.8, 4) is 0 Å². The van der Waals surface area contributed by atoms with Crippen molar-refractivity contribution in [3.05, 3.63) is 42.4 Å². The topological polar surface area (TPSA) is 42.7 Å². The fourth-order valence-corrected chi connectivity index (χ4v) is 1.70. The van der Waals surface area contributed by atoms with Gasteiger partial charge in [0.1, 0.15) is 11.9 Å². The lowest BCUT2D eigenvalue weighted by Crippen LogP contribution is -2.38. The van der Waals surface area contributed by atoms with E-state index in [4.69, 9.17) is 0 Å². The first-order valence-corrected chi connectivity index (χ1v) is 5.67. The van der Waals surface area contributed by atoms with Gasteiger partial charge >= 0.3 is 6.18 Å². The maximum atomic E-state index is 13.0. The molecule has 0 aliphatic rings. The van der Waals surface area contributed by atoms with Crippen LogP contribution in [-0.4, -0.2) is 27.0 Å². The molecule has 0 aromatic carbocycles. The second kappa shape index (κ2) is 5.29. The summed E-state index contributed by atoms with van der Waals surface area (Å²) in [4.78, 5) is 3.79. The van der Waals surface area contributed by atoms with E-state index in [0.717, 1.165) is 0 Å². The zero-order chi connectivity index (χ0) is 13.9. The van der Waals surface area contributed by atoms with E-state index in [2.05, 4.69) is 15.4 Å². The molecule has 2 heterocycles. The maximum absolute atomic E-state index is 13.0. The van der Waals surface area contributed by atoms with Crippen molar-refractivity contribution in [1.82, 2.24) is 14.8 Å². The Morgan fingerprint density at radius 2 is 1.89 bits per heavy atom. The molecule has 0 aliphatic heterocycles. The van der Waals surface area contributed by atoms with E-state index < -0.39 is 12.2 Å². The number of hydrogen-bond acceptors (Lipinski definition) is 3. The third-order valence-corrected chi connectivity index (χ3v) is 2.73. The molecular weight excluding hydrogens is 257 g/mol. The molecule has 2 aromatic heterocycles. The Bertz CT molecular complexity index is 521. The number of rotatable bonds is 4. The van der Waals surface area contributed by atoms with Gasteiger partial charge in [-0.3, -0.25) is 9.67 Å². The van der Waals surface area contributed by atoms with Crippen molar-refractivity contribution in [1.29, 1.82) is 0 Å². The molecule has 0 amide bonds. The maximum Gasteiger partial charge on any atom is 0.408 e. The SMILES string of the molecule is Cn1nccc1NC(Cc1ccncc1)C(F)(F)F. The monoisotopic (exact) mass is 270 g/mol. The number of aryl methyl sites for hydroxylation is 1. The molecule has 19 heavy (non-hydrogen) atoms. The van der Waals surface area contributed by atoms with E-state index in [1.807, 2.05) is 0 Å². The van der Waals surface area contributed by atoms with Crippen LogP contribution in [0.5, 0.6) is 0 Å². The van der Waals surface area contributed by atoms with Crippen molar-refractivity contribution < 1.29 is 13.2 Å². The highest BCUT2D eigenvalue weighted by molar-refractivity contribution is 5.36. The van der Waals surface area contributed by atoms with Crippen molar-refractivity contribution in [2.75, 3.05) is 5.32 Å². The first kappa shape index (κ1) is 13.4. The Kier molecular flexibility index (Phi) is 3.73. The third kappa shape index (κ3) is 3.46. The number of halogens is 3. The van der Waals surface area contributed by atoms with Crippen LogP contribution >= 0.6 is 0 Å². The summed E-state index contributed by atoms with van der Waals surface area (Å²) in [5.41, 5.74) is 0.576. The molecule has 0 saturated heterocycles. The van der Waals surface area contributed by atoms with Crippen molar-refractivity contribution in [2.24, 2.45) is 7.05 Å². The Hall–Kier alpha value is -2.05. The van der Waals surface area contributed by atoms with Crippen LogP contribution < -0.4 is 5.32 Å². The van der Waals surface area contributed by atoms with Gasteiger partial charge in [-0.1, -0.05) is 0 Å². The van der Waals surface area contributed by atoms with E-state index in [1.165, 1.54) is 29.3 Å². The Labute approximate surface area is 108 Å². The quantitative estimate of drug-likeness (QED) is 0.927. The first-order chi connectivity index (χ1) is 8.97. The summed E-state index contributed by atoms with van der Waals surface area (Å²) in [6.07, 6.45) is -0.0906. The smallest absolute Gasteiger partial charge is 0.359 e. The lowest BCUT2D eigenvalue weighted by Gasteiger charge is -2.22. The highest BCUT2D eigenvalue weighted by Gasteiger charge is 2.39. The molecule has 2 aromatic rings. The summed E-state index contributed by atoms with van der Waals surface area (Å²) in [6, 6.07) is 2.99. The highest BCUT2D eigenvalue weighted by atomic mass is 19.4. The van der Waals surface area contributed by atoms with Gasteiger partial charge in [-0.05, 0) is 17.7 Å². The normalized spacial score (nSPS) is 13.3. The first-order valence-electron chi connectivity index (χ1n) is 5.67. The number of hydrogen-bond donors (Lipinski definition) is 1. The van der Waals surface area contributed by atoms with E-state index >= 15 is 0 Å². The van der Waals surface area contributed by atoms with Crippen LogP contribution in [0, 0.1) is 0 Å². The van der Waals surface area contributed by atoms with Crippen LogP contribution in [0.3, 0.4) is 0 Å². The van der Waals surface area contributed by atoms with Crippen molar-refractivity contribution in [3.63, 3.8) is 0 Å². The fourth-order valence-electron chi connectivity index (χ4n) is 1.70. The van der Waals surface area contributed by atoms with Crippen LogP contribution in [0.15, 0.2) is 36.8 Å². The molecule has 1 N–H and O–H groups in total. The third-order valence-electron chi connectivity index (χ3n) is 2.73. The van der Waals surface area contributed by atoms with Crippen LogP contribution in [-0.2, 0) is 13.5 Å². The van der Waals surface area contributed by atoms with Gasteiger partial charge in [-0.15, -0.1) is 0 Å². The molecule has 7 heteroatoms. The van der Waals surface area contributed by atoms with Crippen LogP contribution in [0.25, 0.3) is 0 Å². The number of nitrogens with zero attached hydrogens (tertiary/aromatic N) is 3. The molecule has 1 unspecified atom stereocenters. The molecule has 0 radical (unpaired) electrons. The summed E-state index contributed by atoms with van der Waals surface area (Å²) in [7, 11) is 1.59. The Morgan fingerprint density at radius 1 is 1.21 bits per heavy atom. The molecule has 1 atom stereocenters. The molecule has 102 valence electrons. The van der Waals surface area contributed by atoms with E-state index in [1.54, 1.807) is 19.2 Å². The zero-order valence-electron chi connectivity index (χ0n) is 10.2. The average molecular weight is 270 g/mol. The highest BCUT2D eigenvalue weighted by Crippen LogP contribution is 2.26. The molecule has 0 bridgehead atoms. The molecule has 4 nitrogen and oxygen atoms in total. The molecule has 0 saturated carbocycles. The fraction of sp³-hybridized carbons (Fsp3) is 0.333. The van der Waals surface area contributed by atoms with Crippen molar-refractivity contribution in [2.45, 2.75) is 18.6 Å². The van der Waals surface area contributed by atoms with E-state index in [0.29, 0.717) is 11.4 Å². The minimum Gasteiger partial charge on any atom is -0.359 e. The zero-order valence-corrected chi connectivity index (χ0v) is 10.2. The molecular formula is C12H13F3N4. The summed E-state index contributed by atoms with van der Waals surface area (Å²) in [6.45, 7) is 0. The van der Waals surface area contributed by atoms with Gasteiger partial charge in [-0.2, -0.15) is 18.3 Å². The van der Waals surface area contributed by atoms with Gasteiger partial charge in [0.2, 0.25) is 0 Å². The van der Waals surface area contributed by atoms with Gasteiger partial charge in [-0.25, -0.2) is 0 Å². The summed E-state index contributed by atoms with van der Waals surface area (Å²) >= 11 is 0. The van der Waals surface area contributed by atoms with Gasteiger partial charge in [0.05, 0.1) is 6.20 Å². The van der Waals surface area contributed by atoms with Gasteiger partial charge in [0, 0.05) is 31.9 Å². The number of aromatic nitrogens is 3. The van der Waals surface area contributed by atoms with E-state index in [9.17, 15) is 13.2 Å². The number of nitrogens with one attached hydrogen (secondary N) is 1. The van der Waals surface area contributed by atoms with Crippen LogP contribution in [0.1, 0.15) is 5.56 Å². The Morgan fingerprint density at radius 3 is 2.42 bits per heavy atom. The average Bonchev–Trinajstić information content (AvgIpc) is 2.74. The standard InChI is InChI=1S/C12H13F3N4/c1-19-11(4-7-17-19)18-10(12(13,14)15)8-9-2-5-16-6-3-9/h2-7,10,18H,8H2,1H3. The minimum atomic E-state index is -4.34. The summed E-state index contributed by atoms with van der Waals surface area (Å²) in [5.74, 6) is 0.330. The van der Waals surface area contributed by atoms with Crippen LogP contribution in [0.2, 0.25) is 0 Å². The predicted molar refractivity (Wildman–Crippen MR) is 64.6 cm³/mol. The Balaban J connectivity index is 2.16. The van der Waals surface area contributed by atoms with E-state index in [-0.39, 0.29) is 6.42 Å². The minimum absolute atomic E-state index is 0.156. The predicted octanol–water partition coefficient (Wildman–Crippen LogP) is 2.40.